The van der Waals surface area contributed by atoms with E-state index in [0.29, 0.717) is 43.6 Å². The van der Waals surface area contributed by atoms with Gasteiger partial charge in [0.15, 0.2) is 0 Å². The normalized spacial score (nSPS) is 20.3. The molecule has 0 fully saturated rings. The molecule has 0 radical (unpaired) electrons. The molecule has 1 aliphatic carbocycles. The van der Waals surface area contributed by atoms with Gasteiger partial charge in [-0.15, -0.1) is 0 Å². The van der Waals surface area contributed by atoms with E-state index in [9.17, 15) is 0 Å². The van der Waals surface area contributed by atoms with Gasteiger partial charge in [-0.3, -0.25) is 4.99 Å². The molecule has 4 rings (SSSR count). The van der Waals surface area contributed by atoms with Crippen molar-refractivity contribution in [3.8, 4) is 0 Å². The second-order valence-corrected chi connectivity index (χ2v) is 8.03. The van der Waals surface area contributed by atoms with Gasteiger partial charge in [-0.05, 0) is 66.7 Å². The molecule has 0 aromatic heterocycles. The van der Waals surface area contributed by atoms with E-state index in [1.807, 2.05) is 54.6 Å². The molecule has 2 N–H and O–H groups in total. The van der Waals surface area contributed by atoms with Gasteiger partial charge in [-0.25, -0.2) is 9.98 Å². The zero-order valence-electron chi connectivity index (χ0n) is 16.2. The Balaban J connectivity index is 1.83. The average molecular weight is 468 g/mol. The summed E-state index contributed by atoms with van der Waals surface area (Å²) in [6.45, 7) is 0. The van der Waals surface area contributed by atoms with Crippen molar-refractivity contribution in [3.05, 3.63) is 100 Å². The maximum absolute atomic E-state index is 6.64. The number of nitrogens with zero attached hydrogens (tertiary/aromatic N) is 3. The summed E-state index contributed by atoms with van der Waals surface area (Å²) in [5, 5.41) is 1.66. The molecule has 0 heterocycles. The molecule has 0 saturated heterocycles. The van der Waals surface area contributed by atoms with Crippen LogP contribution >= 0.6 is 34.8 Å². The Morgan fingerprint density at radius 3 is 1.71 bits per heavy atom. The molecule has 1 aliphatic rings. The van der Waals surface area contributed by atoms with E-state index in [-0.39, 0.29) is 0 Å². The van der Waals surface area contributed by atoms with Crippen molar-refractivity contribution < 1.29 is 0 Å². The number of rotatable bonds is 3. The Morgan fingerprint density at radius 1 is 0.613 bits per heavy atom. The predicted octanol–water partition coefficient (Wildman–Crippen LogP) is 7.07. The van der Waals surface area contributed by atoms with Crippen LogP contribution in [-0.2, 0) is 0 Å². The standard InChI is InChI=1S/C24H17Cl3N4/c25-15-6-10-18(11-7-15)29-21-14-20(27)23(30-19-12-8-16(26)9-13-19)24(22(21)28)31-17-4-2-1-3-5-17/h1-14,22H,28H2. The van der Waals surface area contributed by atoms with E-state index < -0.39 is 6.04 Å². The number of benzene rings is 3. The number of hydrogen-bond acceptors (Lipinski definition) is 4. The van der Waals surface area contributed by atoms with Gasteiger partial charge in [-0.2, -0.15) is 0 Å². The van der Waals surface area contributed by atoms with E-state index in [2.05, 4.69) is 4.99 Å². The largest absolute Gasteiger partial charge is 0.318 e. The van der Waals surface area contributed by atoms with Crippen LogP contribution in [0, 0.1) is 0 Å². The van der Waals surface area contributed by atoms with Crippen LogP contribution in [0.5, 0.6) is 0 Å². The number of hydrogen-bond donors (Lipinski definition) is 1. The minimum Gasteiger partial charge on any atom is -0.318 e. The molecule has 1 atom stereocenters. The van der Waals surface area contributed by atoms with Crippen molar-refractivity contribution >= 4 is 69.0 Å². The number of nitrogens with two attached hydrogens (primary N) is 1. The molecule has 1 unspecified atom stereocenters. The van der Waals surface area contributed by atoms with Gasteiger partial charge in [0.1, 0.15) is 5.71 Å². The summed E-state index contributed by atoms with van der Waals surface area (Å²) in [5.41, 5.74) is 10.3. The summed E-state index contributed by atoms with van der Waals surface area (Å²) in [5.74, 6) is 0. The summed E-state index contributed by atoms with van der Waals surface area (Å²) < 4.78 is 0. The monoisotopic (exact) mass is 466 g/mol. The summed E-state index contributed by atoms with van der Waals surface area (Å²) >= 11 is 18.6. The number of allylic oxidation sites excluding steroid dienone is 1. The number of aliphatic imine (C=N–C) groups is 3. The first-order valence-corrected chi connectivity index (χ1v) is 10.6. The Hall–Kier alpha value is -2.76. The molecule has 31 heavy (non-hydrogen) atoms. The van der Waals surface area contributed by atoms with Gasteiger partial charge in [0.2, 0.25) is 0 Å². The summed E-state index contributed by atoms with van der Waals surface area (Å²) in [6, 6.07) is 23.2. The van der Waals surface area contributed by atoms with Crippen LogP contribution in [0.2, 0.25) is 10.0 Å². The second-order valence-electron chi connectivity index (χ2n) is 6.75. The lowest BCUT2D eigenvalue weighted by atomic mass is 9.95. The molecule has 3 aromatic rings. The van der Waals surface area contributed by atoms with Gasteiger partial charge in [0, 0.05) is 10.0 Å². The predicted molar refractivity (Wildman–Crippen MR) is 133 cm³/mol. The van der Waals surface area contributed by atoms with Gasteiger partial charge in [0.25, 0.3) is 0 Å². The fourth-order valence-corrected chi connectivity index (χ4v) is 3.49. The van der Waals surface area contributed by atoms with Crippen LogP contribution in [0.3, 0.4) is 0 Å². The van der Waals surface area contributed by atoms with Crippen LogP contribution in [0.1, 0.15) is 0 Å². The lowest BCUT2D eigenvalue weighted by Crippen LogP contribution is -2.45. The molecule has 7 heteroatoms. The zero-order chi connectivity index (χ0) is 21.8. The highest BCUT2D eigenvalue weighted by Gasteiger charge is 2.29. The third kappa shape index (κ3) is 5.30. The highest BCUT2D eigenvalue weighted by molar-refractivity contribution is 6.66. The van der Waals surface area contributed by atoms with Gasteiger partial charge in [0.05, 0.1) is 39.6 Å². The maximum atomic E-state index is 6.64. The van der Waals surface area contributed by atoms with Crippen LogP contribution in [-0.4, -0.2) is 23.2 Å². The quantitative estimate of drug-likeness (QED) is 0.439. The fraction of sp³-hybridized carbons (Fsp3) is 0.0417. The van der Waals surface area contributed by atoms with Crippen molar-refractivity contribution in [2.75, 3.05) is 0 Å². The van der Waals surface area contributed by atoms with E-state index in [1.54, 1.807) is 30.3 Å². The first-order chi connectivity index (χ1) is 15.0. The van der Waals surface area contributed by atoms with Crippen molar-refractivity contribution in [2.24, 2.45) is 20.7 Å². The zero-order valence-corrected chi connectivity index (χ0v) is 18.5. The van der Waals surface area contributed by atoms with E-state index in [1.165, 1.54) is 0 Å². The number of halogens is 3. The minimum atomic E-state index is -0.621. The SMILES string of the molecule is NC1C(=Nc2ccc(Cl)cc2)C=C(Cl)C(=Nc2ccc(Cl)cc2)C1=Nc1ccccc1. The Bertz CT molecular complexity index is 1200. The minimum absolute atomic E-state index is 0.402. The first-order valence-electron chi connectivity index (χ1n) is 9.45. The lowest BCUT2D eigenvalue weighted by Gasteiger charge is -2.22. The van der Waals surface area contributed by atoms with E-state index in [0.717, 1.165) is 5.69 Å². The third-order valence-corrected chi connectivity index (χ3v) is 5.31. The van der Waals surface area contributed by atoms with Gasteiger partial charge < -0.3 is 5.73 Å². The average Bonchev–Trinajstić information content (AvgIpc) is 2.78. The number of para-hydroxylation sites is 1. The smallest absolute Gasteiger partial charge is 0.106 e. The Labute approximate surface area is 195 Å². The van der Waals surface area contributed by atoms with Crippen LogP contribution in [0.4, 0.5) is 17.1 Å². The Kier molecular flexibility index (Phi) is 6.64. The molecular formula is C24H17Cl3N4. The lowest BCUT2D eigenvalue weighted by molar-refractivity contribution is 1.13. The van der Waals surface area contributed by atoms with Crippen molar-refractivity contribution in [1.29, 1.82) is 0 Å². The summed E-state index contributed by atoms with van der Waals surface area (Å²) in [6.07, 6.45) is 1.72. The highest BCUT2D eigenvalue weighted by Crippen LogP contribution is 2.26. The Morgan fingerprint density at radius 2 is 1.13 bits per heavy atom. The fourth-order valence-electron chi connectivity index (χ4n) is 2.98. The van der Waals surface area contributed by atoms with Crippen LogP contribution in [0.25, 0.3) is 0 Å². The van der Waals surface area contributed by atoms with Crippen molar-refractivity contribution in [1.82, 2.24) is 0 Å². The molecular weight excluding hydrogens is 451 g/mol. The molecule has 0 amide bonds. The van der Waals surface area contributed by atoms with Crippen molar-refractivity contribution in [3.63, 3.8) is 0 Å². The van der Waals surface area contributed by atoms with Gasteiger partial charge >= 0.3 is 0 Å². The van der Waals surface area contributed by atoms with Crippen molar-refractivity contribution in [2.45, 2.75) is 6.04 Å². The maximum Gasteiger partial charge on any atom is 0.106 e. The van der Waals surface area contributed by atoms with E-state index in [4.69, 9.17) is 50.5 Å². The highest BCUT2D eigenvalue weighted by atomic mass is 35.5. The first kappa shape index (κ1) is 21.5. The van der Waals surface area contributed by atoms with Crippen LogP contribution < -0.4 is 5.73 Å². The molecule has 0 bridgehead atoms. The topological polar surface area (TPSA) is 63.1 Å². The third-order valence-electron chi connectivity index (χ3n) is 4.51. The second kappa shape index (κ2) is 9.58. The van der Waals surface area contributed by atoms with Gasteiger partial charge in [-0.1, -0.05) is 53.0 Å². The molecule has 0 aliphatic heterocycles. The summed E-state index contributed by atoms with van der Waals surface area (Å²) in [7, 11) is 0. The molecule has 154 valence electrons. The molecule has 3 aromatic carbocycles. The van der Waals surface area contributed by atoms with Crippen LogP contribution in [0.15, 0.2) is 105 Å². The molecule has 4 nitrogen and oxygen atoms in total. The van der Waals surface area contributed by atoms with E-state index >= 15 is 0 Å². The summed E-state index contributed by atoms with van der Waals surface area (Å²) in [4.78, 5) is 14.1. The molecule has 0 spiro atoms. The molecule has 0 saturated carbocycles.